The number of ether oxygens (including phenoxy) is 1. The lowest BCUT2D eigenvalue weighted by Crippen LogP contribution is -2.10. The quantitative estimate of drug-likeness (QED) is 0.405. The predicted octanol–water partition coefficient (Wildman–Crippen LogP) is 3.96. The van der Waals surface area contributed by atoms with Crippen LogP contribution in [0.4, 0.5) is 0 Å². The van der Waals surface area contributed by atoms with E-state index in [0.29, 0.717) is 6.10 Å². The highest BCUT2D eigenvalue weighted by Crippen LogP contribution is 2.09. The van der Waals surface area contributed by atoms with Crippen molar-refractivity contribution in [3.8, 4) is 0 Å². The second-order valence-electron chi connectivity index (χ2n) is 4.46. The number of rotatable bonds is 11. The van der Waals surface area contributed by atoms with E-state index in [1.165, 1.54) is 44.4 Å². The van der Waals surface area contributed by atoms with Crippen LogP contribution in [0, 0.1) is 0 Å². The molecule has 0 atom stereocenters. The molecule has 0 aliphatic heterocycles. The van der Waals surface area contributed by atoms with Crippen molar-refractivity contribution < 1.29 is 4.74 Å². The van der Waals surface area contributed by atoms with Crippen molar-refractivity contribution in [2.24, 2.45) is 0 Å². The van der Waals surface area contributed by atoms with Crippen LogP contribution in [0.3, 0.4) is 0 Å². The summed E-state index contributed by atoms with van der Waals surface area (Å²) in [5.74, 6) is 1.18. The van der Waals surface area contributed by atoms with Crippen molar-refractivity contribution in [1.29, 1.82) is 0 Å². The van der Waals surface area contributed by atoms with Gasteiger partial charge in [-0.1, -0.05) is 38.1 Å². The van der Waals surface area contributed by atoms with E-state index < -0.39 is 0 Å². The standard InChI is InChI=1S/C13H29NOS/c1-5-16-14(4)11-9-7-6-8-10-12-15-13(2)3/h13H,5-12H2,1-4H3. The molecule has 0 rings (SSSR count). The number of nitrogens with zero attached hydrogens (tertiary/aromatic N) is 1. The van der Waals surface area contributed by atoms with Crippen LogP contribution in [0.1, 0.15) is 52.9 Å². The lowest BCUT2D eigenvalue weighted by atomic mass is 10.1. The largest absolute Gasteiger partial charge is 0.379 e. The zero-order valence-corrected chi connectivity index (χ0v) is 12.3. The fraction of sp³-hybridized carbons (Fsp3) is 1.00. The van der Waals surface area contributed by atoms with Gasteiger partial charge in [0.1, 0.15) is 0 Å². The lowest BCUT2D eigenvalue weighted by Gasteiger charge is -2.13. The van der Waals surface area contributed by atoms with E-state index in [1.54, 1.807) is 0 Å². The first-order valence-electron chi connectivity index (χ1n) is 6.62. The summed E-state index contributed by atoms with van der Waals surface area (Å²) in [4.78, 5) is 0. The molecule has 98 valence electrons. The molecule has 0 bridgehead atoms. The molecule has 16 heavy (non-hydrogen) atoms. The van der Waals surface area contributed by atoms with Crippen LogP contribution in [0.25, 0.3) is 0 Å². The van der Waals surface area contributed by atoms with Gasteiger partial charge in [0, 0.05) is 18.9 Å². The maximum absolute atomic E-state index is 5.51. The molecule has 2 nitrogen and oxygen atoms in total. The summed E-state index contributed by atoms with van der Waals surface area (Å²) in [5.41, 5.74) is 0. The predicted molar refractivity (Wildman–Crippen MR) is 74.9 cm³/mol. The summed E-state index contributed by atoms with van der Waals surface area (Å²) in [7, 11) is 2.19. The first-order chi connectivity index (χ1) is 7.66. The minimum absolute atomic E-state index is 0.389. The zero-order chi connectivity index (χ0) is 12.2. The highest BCUT2D eigenvalue weighted by molar-refractivity contribution is 7.96. The summed E-state index contributed by atoms with van der Waals surface area (Å²) in [6, 6.07) is 0. The Morgan fingerprint density at radius 2 is 1.69 bits per heavy atom. The Morgan fingerprint density at radius 1 is 1.06 bits per heavy atom. The van der Waals surface area contributed by atoms with Gasteiger partial charge in [-0.3, -0.25) is 4.31 Å². The third-order valence-electron chi connectivity index (χ3n) is 2.42. The molecule has 0 aliphatic carbocycles. The SMILES string of the molecule is CCSN(C)CCCCCCCOC(C)C. The van der Waals surface area contributed by atoms with Gasteiger partial charge in [-0.15, -0.1) is 0 Å². The molecule has 0 aliphatic rings. The van der Waals surface area contributed by atoms with Gasteiger partial charge < -0.3 is 4.74 Å². The molecule has 0 aromatic heterocycles. The molecule has 0 unspecified atom stereocenters. The molecule has 0 amide bonds. The minimum atomic E-state index is 0.389. The molecule has 0 aromatic carbocycles. The van der Waals surface area contributed by atoms with Gasteiger partial charge in [0.2, 0.25) is 0 Å². The fourth-order valence-corrected chi connectivity index (χ4v) is 2.27. The number of hydrogen-bond donors (Lipinski definition) is 0. The van der Waals surface area contributed by atoms with Crippen LogP contribution in [-0.4, -0.2) is 36.4 Å². The summed E-state index contributed by atoms with van der Waals surface area (Å²) in [6.07, 6.45) is 6.96. The van der Waals surface area contributed by atoms with E-state index in [0.717, 1.165) is 6.61 Å². The lowest BCUT2D eigenvalue weighted by molar-refractivity contribution is 0.0756. The van der Waals surface area contributed by atoms with Crippen LogP contribution < -0.4 is 0 Å². The maximum atomic E-state index is 5.51. The van der Waals surface area contributed by atoms with Crippen molar-refractivity contribution in [3.05, 3.63) is 0 Å². The smallest absolute Gasteiger partial charge is 0.0518 e. The molecule has 0 spiro atoms. The maximum Gasteiger partial charge on any atom is 0.0518 e. The molecule has 0 fully saturated rings. The van der Waals surface area contributed by atoms with E-state index in [2.05, 4.69) is 32.1 Å². The molecular weight excluding hydrogens is 218 g/mol. The summed E-state index contributed by atoms with van der Waals surface area (Å²) in [5, 5.41) is 0. The van der Waals surface area contributed by atoms with Crippen molar-refractivity contribution in [2.45, 2.75) is 59.0 Å². The van der Waals surface area contributed by atoms with Crippen LogP contribution >= 0.6 is 11.9 Å². The van der Waals surface area contributed by atoms with E-state index in [9.17, 15) is 0 Å². The number of hydrogen-bond acceptors (Lipinski definition) is 3. The minimum Gasteiger partial charge on any atom is -0.379 e. The van der Waals surface area contributed by atoms with Gasteiger partial charge in [-0.25, -0.2) is 0 Å². The third kappa shape index (κ3) is 12.3. The summed E-state index contributed by atoms with van der Waals surface area (Å²) in [6.45, 7) is 8.56. The molecule has 3 heteroatoms. The topological polar surface area (TPSA) is 12.5 Å². The highest BCUT2D eigenvalue weighted by Gasteiger charge is 1.97. The first kappa shape index (κ1) is 16.3. The molecule has 0 radical (unpaired) electrons. The summed E-state index contributed by atoms with van der Waals surface area (Å²) < 4.78 is 7.86. The molecule has 0 saturated heterocycles. The zero-order valence-electron chi connectivity index (χ0n) is 11.5. The average Bonchev–Trinajstić information content (AvgIpc) is 2.22. The van der Waals surface area contributed by atoms with Gasteiger partial charge >= 0.3 is 0 Å². The Labute approximate surface area is 106 Å². The van der Waals surface area contributed by atoms with Gasteiger partial charge in [0.25, 0.3) is 0 Å². The highest BCUT2D eigenvalue weighted by atomic mass is 32.2. The first-order valence-corrected chi connectivity index (χ1v) is 7.56. The third-order valence-corrected chi connectivity index (χ3v) is 3.30. The van der Waals surface area contributed by atoms with Gasteiger partial charge in [0.15, 0.2) is 0 Å². The van der Waals surface area contributed by atoms with Crippen LogP contribution in [-0.2, 0) is 4.74 Å². The van der Waals surface area contributed by atoms with Crippen molar-refractivity contribution in [2.75, 3.05) is 26.0 Å². The van der Waals surface area contributed by atoms with Crippen LogP contribution in [0.2, 0.25) is 0 Å². The van der Waals surface area contributed by atoms with Crippen LogP contribution in [0.5, 0.6) is 0 Å². The normalized spacial score (nSPS) is 11.6. The van der Waals surface area contributed by atoms with E-state index in [1.807, 2.05) is 11.9 Å². The van der Waals surface area contributed by atoms with Crippen LogP contribution in [0.15, 0.2) is 0 Å². The van der Waals surface area contributed by atoms with Gasteiger partial charge in [-0.2, -0.15) is 0 Å². The second kappa shape index (κ2) is 11.7. The average molecular weight is 247 g/mol. The van der Waals surface area contributed by atoms with Crippen molar-refractivity contribution in [1.82, 2.24) is 4.31 Å². The van der Waals surface area contributed by atoms with Crippen molar-refractivity contribution in [3.63, 3.8) is 0 Å². The molecule has 0 saturated carbocycles. The Bertz CT molecular complexity index is 142. The Morgan fingerprint density at radius 3 is 2.31 bits per heavy atom. The Kier molecular flexibility index (Phi) is 11.9. The molecule has 0 aromatic rings. The molecule has 0 heterocycles. The van der Waals surface area contributed by atoms with Gasteiger partial charge in [-0.05, 0) is 33.7 Å². The molecule has 0 N–H and O–H groups in total. The Hall–Kier alpha value is 0.270. The van der Waals surface area contributed by atoms with Gasteiger partial charge in [0.05, 0.1) is 6.10 Å². The second-order valence-corrected chi connectivity index (χ2v) is 5.92. The Balaban J connectivity index is 3.04. The fourth-order valence-electron chi connectivity index (χ4n) is 1.57. The van der Waals surface area contributed by atoms with E-state index in [-0.39, 0.29) is 0 Å². The number of unbranched alkanes of at least 4 members (excludes halogenated alkanes) is 4. The molecular formula is C13H29NOS. The summed E-state index contributed by atoms with van der Waals surface area (Å²) >= 11 is 1.92. The van der Waals surface area contributed by atoms with E-state index in [4.69, 9.17) is 4.74 Å². The van der Waals surface area contributed by atoms with Crippen molar-refractivity contribution >= 4 is 11.9 Å². The monoisotopic (exact) mass is 247 g/mol. The van der Waals surface area contributed by atoms with E-state index >= 15 is 0 Å².